The average Bonchev–Trinajstić information content (AvgIpc) is 3.17. The van der Waals surface area contributed by atoms with Crippen molar-refractivity contribution in [2.45, 2.75) is 42.7 Å². The first-order valence-corrected chi connectivity index (χ1v) is 13.7. The minimum Gasteiger partial charge on any atom is -0.339 e. The number of benzene rings is 1. The second kappa shape index (κ2) is 10.5. The largest absolute Gasteiger partial charge is 0.339 e. The van der Waals surface area contributed by atoms with Crippen LogP contribution in [-0.4, -0.2) is 55.6 Å². The van der Waals surface area contributed by atoms with E-state index < -0.39 is 33.5 Å². The summed E-state index contributed by atoms with van der Waals surface area (Å²) in [6.45, 7) is 1.65. The molecule has 2 saturated heterocycles. The number of thiophene rings is 1. The van der Waals surface area contributed by atoms with Crippen LogP contribution in [0.4, 0.5) is 14.5 Å². The van der Waals surface area contributed by atoms with Crippen molar-refractivity contribution in [2.24, 2.45) is 5.92 Å². The highest BCUT2D eigenvalue weighted by Crippen LogP contribution is 2.29. The summed E-state index contributed by atoms with van der Waals surface area (Å²) in [4.78, 5) is 27.1. The molecule has 2 amide bonds. The first-order valence-electron chi connectivity index (χ1n) is 11.4. The molecule has 4 rings (SSSR count). The molecule has 0 unspecified atom stereocenters. The Morgan fingerprint density at radius 1 is 0.971 bits per heavy atom. The molecule has 3 heterocycles. The van der Waals surface area contributed by atoms with Crippen molar-refractivity contribution in [2.75, 3.05) is 31.5 Å². The Morgan fingerprint density at radius 3 is 2.29 bits per heavy atom. The van der Waals surface area contributed by atoms with Crippen LogP contribution in [0.15, 0.2) is 33.9 Å². The zero-order valence-electron chi connectivity index (χ0n) is 18.6. The third kappa shape index (κ3) is 5.47. The number of amides is 2. The lowest BCUT2D eigenvalue weighted by molar-refractivity contribution is -0.120. The van der Waals surface area contributed by atoms with E-state index in [1.807, 2.05) is 0 Å². The van der Waals surface area contributed by atoms with E-state index in [9.17, 15) is 26.8 Å². The summed E-state index contributed by atoms with van der Waals surface area (Å²) in [5.41, 5.74) is 0.280. The molecule has 1 aromatic carbocycles. The molecule has 1 N–H and O–H groups in total. The van der Waals surface area contributed by atoms with Crippen LogP contribution in [0.1, 0.15) is 48.9 Å². The molecular formula is C23H27F2N3O4S2. The van der Waals surface area contributed by atoms with E-state index in [0.29, 0.717) is 24.7 Å². The van der Waals surface area contributed by atoms with E-state index in [2.05, 4.69) is 5.32 Å². The molecule has 7 nitrogen and oxygen atoms in total. The maximum absolute atomic E-state index is 13.8. The predicted molar refractivity (Wildman–Crippen MR) is 125 cm³/mol. The standard InChI is InChI=1S/C23H27F2N3O4S2/c24-18-5-6-20(19(25)14-18)26-22(29)16-7-11-28(12-8-16)34(31,32)21-13-17(15-33-21)23(30)27-9-3-1-2-4-10-27/h5-6,13-16H,1-4,7-12H2,(H,26,29). The molecule has 2 aliphatic rings. The van der Waals surface area contributed by atoms with E-state index in [-0.39, 0.29) is 41.7 Å². The van der Waals surface area contributed by atoms with E-state index in [1.165, 1.54) is 10.4 Å². The number of nitrogens with one attached hydrogen (secondary N) is 1. The van der Waals surface area contributed by atoms with E-state index >= 15 is 0 Å². The summed E-state index contributed by atoms with van der Waals surface area (Å²) in [7, 11) is -3.78. The molecule has 11 heteroatoms. The van der Waals surface area contributed by atoms with Crippen LogP contribution in [0.5, 0.6) is 0 Å². The van der Waals surface area contributed by atoms with Crippen molar-refractivity contribution >= 4 is 38.9 Å². The van der Waals surface area contributed by atoms with Gasteiger partial charge in [0.05, 0.1) is 11.3 Å². The number of hydrogen-bond acceptors (Lipinski definition) is 5. The quantitative estimate of drug-likeness (QED) is 0.655. The topological polar surface area (TPSA) is 86.8 Å². The third-order valence-electron chi connectivity index (χ3n) is 6.32. The van der Waals surface area contributed by atoms with Gasteiger partial charge in [-0.05, 0) is 43.9 Å². The minimum absolute atomic E-state index is 0.110. The van der Waals surface area contributed by atoms with E-state index in [0.717, 1.165) is 49.2 Å². The van der Waals surface area contributed by atoms with Gasteiger partial charge in [0.15, 0.2) is 0 Å². The van der Waals surface area contributed by atoms with Crippen molar-refractivity contribution in [3.05, 3.63) is 46.8 Å². The number of piperidine rings is 1. The number of anilines is 1. The smallest absolute Gasteiger partial charge is 0.254 e. The molecule has 0 saturated carbocycles. The summed E-state index contributed by atoms with van der Waals surface area (Å²) in [6.07, 6.45) is 4.66. The molecule has 2 fully saturated rings. The predicted octanol–water partition coefficient (Wildman–Crippen LogP) is 4.08. The van der Waals surface area contributed by atoms with Gasteiger partial charge < -0.3 is 10.2 Å². The van der Waals surface area contributed by atoms with Crippen molar-refractivity contribution in [3.63, 3.8) is 0 Å². The van der Waals surface area contributed by atoms with Crippen molar-refractivity contribution < 1.29 is 26.8 Å². The number of nitrogens with zero attached hydrogens (tertiary/aromatic N) is 2. The van der Waals surface area contributed by atoms with E-state index in [4.69, 9.17) is 0 Å². The molecule has 184 valence electrons. The van der Waals surface area contributed by atoms with Crippen LogP contribution in [0.25, 0.3) is 0 Å². The Morgan fingerprint density at radius 2 is 1.65 bits per heavy atom. The van der Waals surface area contributed by atoms with E-state index in [1.54, 1.807) is 10.3 Å². The Bertz CT molecular complexity index is 1150. The maximum Gasteiger partial charge on any atom is 0.254 e. The van der Waals surface area contributed by atoms with Gasteiger partial charge in [-0.25, -0.2) is 17.2 Å². The van der Waals surface area contributed by atoms with Gasteiger partial charge in [0.25, 0.3) is 15.9 Å². The van der Waals surface area contributed by atoms with Gasteiger partial charge in [0.2, 0.25) is 5.91 Å². The van der Waals surface area contributed by atoms with Gasteiger partial charge in [-0.3, -0.25) is 9.59 Å². The summed E-state index contributed by atoms with van der Waals surface area (Å²) in [5.74, 6) is -2.65. The Kier molecular flexibility index (Phi) is 7.63. The maximum atomic E-state index is 13.8. The fourth-order valence-corrected chi connectivity index (χ4v) is 7.11. The molecule has 0 spiro atoms. The summed E-state index contributed by atoms with van der Waals surface area (Å²) < 4.78 is 54.6. The Hall–Kier alpha value is -2.37. The van der Waals surface area contributed by atoms with Crippen LogP contribution >= 0.6 is 11.3 Å². The molecular weight excluding hydrogens is 484 g/mol. The summed E-state index contributed by atoms with van der Waals surface area (Å²) >= 11 is 1.03. The molecule has 0 bridgehead atoms. The molecule has 2 aliphatic heterocycles. The van der Waals surface area contributed by atoms with Crippen LogP contribution in [-0.2, 0) is 14.8 Å². The lowest BCUT2D eigenvalue weighted by atomic mass is 9.97. The fourth-order valence-electron chi connectivity index (χ4n) is 4.33. The molecule has 0 radical (unpaired) electrons. The van der Waals surface area contributed by atoms with Crippen molar-refractivity contribution in [3.8, 4) is 0 Å². The monoisotopic (exact) mass is 511 g/mol. The number of likely N-dealkylation sites (tertiary alicyclic amines) is 1. The van der Waals surface area contributed by atoms with Gasteiger partial charge in [-0.1, -0.05) is 12.8 Å². The lowest BCUT2D eigenvalue weighted by Crippen LogP contribution is -2.41. The lowest BCUT2D eigenvalue weighted by Gasteiger charge is -2.30. The minimum atomic E-state index is -3.78. The van der Waals surface area contributed by atoms with Gasteiger partial charge in [0, 0.05) is 43.5 Å². The Balaban J connectivity index is 1.36. The third-order valence-corrected chi connectivity index (χ3v) is 9.64. The summed E-state index contributed by atoms with van der Waals surface area (Å²) in [6, 6.07) is 4.35. The number of halogens is 2. The van der Waals surface area contributed by atoms with Gasteiger partial charge >= 0.3 is 0 Å². The second-order valence-corrected chi connectivity index (χ2v) is 11.7. The highest BCUT2D eigenvalue weighted by molar-refractivity contribution is 7.91. The highest BCUT2D eigenvalue weighted by atomic mass is 32.2. The molecule has 34 heavy (non-hydrogen) atoms. The van der Waals surface area contributed by atoms with Crippen LogP contribution in [0, 0.1) is 17.6 Å². The molecule has 0 aliphatic carbocycles. The van der Waals surface area contributed by atoms with Crippen LogP contribution in [0.3, 0.4) is 0 Å². The van der Waals surface area contributed by atoms with Gasteiger partial charge in [-0.15, -0.1) is 11.3 Å². The Labute approximate surface area is 201 Å². The first kappa shape index (κ1) is 24.7. The van der Waals surface area contributed by atoms with Gasteiger partial charge in [-0.2, -0.15) is 4.31 Å². The number of hydrogen-bond donors (Lipinski definition) is 1. The number of carbonyl (C=O) groups is 2. The van der Waals surface area contributed by atoms with Crippen molar-refractivity contribution in [1.82, 2.24) is 9.21 Å². The number of sulfonamides is 1. The second-order valence-electron chi connectivity index (χ2n) is 8.65. The highest BCUT2D eigenvalue weighted by Gasteiger charge is 2.34. The SMILES string of the molecule is O=C(Nc1ccc(F)cc1F)C1CCN(S(=O)(=O)c2cc(C(=O)N3CCCCCC3)cs2)CC1. The van der Waals surface area contributed by atoms with Crippen LogP contribution in [0.2, 0.25) is 0 Å². The zero-order valence-corrected chi connectivity index (χ0v) is 20.3. The number of rotatable bonds is 5. The number of carbonyl (C=O) groups excluding carboxylic acids is 2. The normalized spacial score (nSPS) is 18.5. The molecule has 2 aromatic rings. The fraction of sp³-hybridized carbons (Fsp3) is 0.478. The average molecular weight is 512 g/mol. The van der Waals surface area contributed by atoms with Gasteiger partial charge in [0.1, 0.15) is 15.8 Å². The summed E-state index contributed by atoms with van der Waals surface area (Å²) in [5, 5.41) is 4.05. The zero-order chi connectivity index (χ0) is 24.3. The van der Waals surface area contributed by atoms with Crippen LogP contribution < -0.4 is 5.32 Å². The van der Waals surface area contributed by atoms with Crippen molar-refractivity contribution in [1.29, 1.82) is 0 Å². The molecule has 1 aromatic heterocycles. The molecule has 0 atom stereocenters. The first-order chi connectivity index (χ1) is 16.3.